The standard InChI is InChI=1S/C18H26N2O5S.ClH/c1-19-14-5-8-20(9-6-14)18(21)7-12-26(22,23)15-3-4-16-17(13-15)25-11-2-10-24-16;/h3-4,13-14,19H,2,5-12H2,1H3;1H. The highest BCUT2D eigenvalue weighted by molar-refractivity contribution is 7.91. The maximum Gasteiger partial charge on any atom is 0.223 e. The van der Waals surface area contributed by atoms with Gasteiger partial charge in [0.2, 0.25) is 5.91 Å². The molecule has 0 bridgehead atoms. The molecule has 1 aromatic carbocycles. The van der Waals surface area contributed by atoms with Crippen molar-refractivity contribution in [3.05, 3.63) is 18.2 Å². The molecule has 1 aromatic rings. The minimum Gasteiger partial charge on any atom is -0.490 e. The van der Waals surface area contributed by atoms with E-state index in [1.54, 1.807) is 11.0 Å². The van der Waals surface area contributed by atoms with Gasteiger partial charge in [-0.25, -0.2) is 8.42 Å². The summed E-state index contributed by atoms with van der Waals surface area (Å²) in [5, 5.41) is 3.21. The maximum atomic E-state index is 12.6. The van der Waals surface area contributed by atoms with Crippen LogP contribution in [0, 0.1) is 0 Å². The van der Waals surface area contributed by atoms with E-state index in [9.17, 15) is 13.2 Å². The third-order valence-corrected chi connectivity index (χ3v) is 6.63. The fourth-order valence-corrected chi connectivity index (χ4v) is 4.49. The highest BCUT2D eigenvalue weighted by Gasteiger charge is 2.24. The van der Waals surface area contributed by atoms with Gasteiger partial charge in [-0.2, -0.15) is 0 Å². The lowest BCUT2D eigenvalue weighted by atomic mass is 10.1. The van der Waals surface area contributed by atoms with Crippen LogP contribution in [-0.4, -0.2) is 64.4 Å². The Morgan fingerprint density at radius 2 is 1.85 bits per heavy atom. The minimum atomic E-state index is -3.55. The first kappa shape index (κ1) is 21.8. The van der Waals surface area contributed by atoms with Crippen molar-refractivity contribution in [1.82, 2.24) is 10.2 Å². The molecular formula is C18H27ClN2O5S. The molecule has 152 valence electrons. The molecule has 2 heterocycles. The number of piperidine rings is 1. The SMILES string of the molecule is CNC1CCN(C(=O)CCS(=O)(=O)c2ccc3c(c2)OCCCO3)CC1.Cl. The number of fused-ring (bicyclic) bond motifs is 1. The zero-order valence-corrected chi connectivity index (χ0v) is 17.1. The molecule has 2 aliphatic rings. The van der Waals surface area contributed by atoms with Gasteiger partial charge in [0, 0.05) is 38.0 Å². The summed E-state index contributed by atoms with van der Waals surface area (Å²) in [6, 6.07) is 5.08. The first-order valence-electron chi connectivity index (χ1n) is 9.07. The molecule has 9 heteroatoms. The van der Waals surface area contributed by atoms with Crippen molar-refractivity contribution in [2.24, 2.45) is 0 Å². The summed E-state index contributed by atoms with van der Waals surface area (Å²) >= 11 is 0. The lowest BCUT2D eigenvalue weighted by Crippen LogP contribution is -2.44. The zero-order chi connectivity index (χ0) is 18.6. The molecule has 1 amide bonds. The Morgan fingerprint density at radius 3 is 2.52 bits per heavy atom. The number of sulfone groups is 1. The number of carbonyl (C=O) groups excluding carboxylic acids is 1. The van der Waals surface area contributed by atoms with E-state index in [4.69, 9.17) is 9.47 Å². The van der Waals surface area contributed by atoms with Crippen LogP contribution in [0.15, 0.2) is 23.1 Å². The van der Waals surface area contributed by atoms with Crippen LogP contribution in [-0.2, 0) is 14.6 Å². The van der Waals surface area contributed by atoms with Crippen LogP contribution >= 0.6 is 12.4 Å². The van der Waals surface area contributed by atoms with Gasteiger partial charge in [-0.1, -0.05) is 0 Å². The topological polar surface area (TPSA) is 84.9 Å². The largest absolute Gasteiger partial charge is 0.490 e. The Labute approximate surface area is 166 Å². The van der Waals surface area contributed by atoms with E-state index in [1.165, 1.54) is 12.1 Å². The Balaban J connectivity index is 0.00000261. The molecule has 7 nitrogen and oxygen atoms in total. The molecule has 0 aromatic heterocycles. The van der Waals surface area contributed by atoms with E-state index in [1.807, 2.05) is 7.05 Å². The number of halogens is 1. The second kappa shape index (κ2) is 9.61. The van der Waals surface area contributed by atoms with Crippen LogP contribution in [0.25, 0.3) is 0 Å². The van der Waals surface area contributed by atoms with Crippen molar-refractivity contribution in [1.29, 1.82) is 0 Å². The predicted octanol–water partition coefficient (Wildman–Crippen LogP) is 1.64. The number of amides is 1. The zero-order valence-electron chi connectivity index (χ0n) is 15.5. The van der Waals surface area contributed by atoms with Gasteiger partial charge in [0.25, 0.3) is 0 Å². The van der Waals surface area contributed by atoms with E-state index < -0.39 is 9.84 Å². The highest BCUT2D eigenvalue weighted by atomic mass is 35.5. The average Bonchev–Trinajstić information content (AvgIpc) is 2.91. The number of ether oxygens (including phenoxy) is 2. The van der Waals surface area contributed by atoms with Gasteiger partial charge >= 0.3 is 0 Å². The molecule has 1 N–H and O–H groups in total. The Hall–Kier alpha value is -1.51. The molecule has 1 fully saturated rings. The molecule has 0 spiro atoms. The highest BCUT2D eigenvalue weighted by Crippen LogP contribution is 2.32. The van der Waals surface area contributed by atoms with Gasteiger partial charge < -0.3 is 19.7 Å². The molecule has 3 rings (SSSR count). The van der Waals surface area contributed by atoms with Gasteiger partial charge in [0.15, 0.2) is 21.3 Å². The van der Waals surface area contributed by atoms with Crippen molar-refractivity contribution in [3.63, 3.8) is 0 Å². The molecule has 0 saturated carbocycles. The van der Waals surface area contributed by atoms with Crippen LogP contribution in [0.4, 0.5) is 0 Å². The van der Waals surface area contributed by atoms with Crippen LogP contribution in [0.1, 0.15) is 25.7 Å². The first-order valence-corrected chi connectivity index (χ1v) is 10.7. The smallest absolute Gasteiger partial charge is 0.223 e. The fourth-order valence-electron chi connectivity index (χ4n) is 3.25. The van der Waals surface area contributed by atoms with Gasteiger partial charge in [-0.3, -0.25) is 4.79 Å². The average molecular weight is 419 g/mol. The molecule has 2 aliphatic heterocycles. The maximum absolute atomic E-state index is 12.6. The van der Waals surface area contributed by atoms with Crippen molar-refractivity contribution in [2.75, 3.05) is 39.1 Å². The Kier molecular flexibility index (Phi) is 7.76. The van der Waals surface area contributed by atoms with E-state index in [0.717, 1.165) is 19.3 Å². The second-order valence-corrected chi connectivity index (χ2v) is 8.78. The van der Waals surface area contributed by atoms with Crippen molar-refractivity contribution < 1.29 is 22.7 Å². The monoisotopic (exact) mass is 418 g/mol. The van der Waals surface area contributed by atoms with Crippen LogP contribution in [0.5, 0.6) is 11.5 Å². The van der Waals surface area contributed by atoms with Crippen LogP contribution in [0.2, 0.25) is 0 Å². The summed E-state index contributed by atoms with van der Waals surface area (Å²) in [6.07, 6.45) is 2.56. The summed E-state index contributed by atoms with van der Waals surface area (Å²) in [4.78, 5) is 14.3. The third kappa shape index (κ3) is 5.49. The molecule has 0 atom stereocenters. The molecule has 0 aliphatic carbocycles. The molecule has 27 heavy (non-hydrogen) atoms. The summed E-state index contributed by atoms with van der Waals surface area (Å²) in [5.74, 6) is 0.712. The minimum absolute atomic E-state index is 0. The number of rotatable bonds is 5. The molecular weight excluding hydrogens is 392 g/mol. The molecule has 0 radical (unpaired) electrons. The van der Waals surface area contributed by atoms with Crippen molar-refractivity contribution in [3.8, 4) is 11.5 Å². The first-order chi connectivity index (χ1) is 12.5. The Morgan fingerprint density at radius 1 is 1.19 bits per heavy atom. The number of hydrogen-bond donors (Lipinski definition) is 1. The van der Waals surface area contributed by atoms with E-state index >= 15 is 0 Å². The summed E-state index contributed by atoms with van der Waals surface area (Å²) in [5.41, 5.74) is 0. The lowest BCUT2D eigenvalue weighted by molar-refractivity contribution is -0.131. The quantitative estimate of drug-likeness (QED) is 0.782. The Bertz CT molecular complexity index is 748. The number of nitrogens with zero attached hydrogens (tertiary/aromatic N) is 1. The fraction of sp³-hybridized carbons (Fsp3) is 0.611. The molecule has 1 saturated heterocycles. The van der Waals surface area contributed by atoms with Crippen molar-refractivity contribution in [2.45, 2.75) is 36.6 Å². The number of nitrogens with one attached hydrogen (secondary N) is 1. The van der Waals surface area contributed by atoms with Gasteiger partial charge in [0.05, 0.1) is 23.9 Å². The van der Waals surface area contributed by atoms with Gasteiger partial charge in [-0.05, 0) is 32.0 Å². The number of carbonyl (C=O) groups is 1. The third-order valence-electron chi connectivity index (χ3n) is 4.92. The van der Waals surface area contributed by atoms with Crippen molar-refractivity contribution >= 4 is 28.2 Å². The number of hydrogen-bond acceptors (Lipinski definition) is 6. The number of likely N-dealkylation sites (tertiary alicyclic amines) is 1. The summed E-state index contributed by atoms with van der Waals surface area (Å²) < 4.78 is 36.3. The second-order valence-electron chi connectivity index (χ2n) is 6.67. The van der Waals surface area contributed by atoms with E-state index in [-0.39, 0.29) is 35.4 Å². The lowest BCUT2D eigenvalue weighted by Gasteiger charge is -2.31. The summed E-state index contributed by atoms with van der Waals surface area (Å²) in [6.45, 7) is 2.40. The normalized spacial score (nSPS) is 17.7. The van der Waals surface area contributed by atoms with Gasteiger partial charge in [0.1, 0.15) is 0 Å². The predicted molar refractivity (Wildman–Crippen MR) is 105 cm³/mol. The van der Waals surface area contributed by atoms with E-state index in [0.29, 0.717) is 43.8 Å². The summed E-state index contributed by atoms with van der Waals surface area (Å²) in [7, 11) is -1.63. The van der Waals surface area contributed by atoms with Crippen LogP contribution < -0.4 is 14.8 Å². The van der Waals surface area contributed by atoms with E-state index in [2.05, 4.69) is 5.32 Å². The van der Waals surface area contributed by atoms with Crippen LogP contribution in [0.3, 0.4) is 0 Å². The number of benzene rings is 1. The molecule has 0 unspecified atom stereocenters. The van der Waals surface area contributed by atoms with Gasteiger partial charge in [-0.15, -0.1) is 12.4 Å².